The molecule has 2 heterocycles. The van der Waals surface area contributed by atoms with Gasteiger partial charge in [0.25, 0.3) is 0 Å². The summed E-state index contributed by atoms with van der Waals surface area (Å²) in [5, 5.41) is 1.52. The maximum atomic E-state index is 11.9. The third kappa shape index (κ3) is 1.43. The van der Waals surface area contributed by atoms with Gasteiger partial charge >= 0.3 is 0 Å². The summed E-state index contributed by atoms with van der Waals surface area (Å²) in [6.45, 7) is 1.70. The number of hydrogen-bond donors (Lipinski definition) is 0. The summed E-state index contributed by atoms with van der Waals surface area (Å²) in [6.07, 6.45) is 0.478. The molecule has 0 fully saturated rings. The van der Waals surface area contributed by atoms with Crippen LogP contribution in [0.25, 0.3) is 0 Å². The van der Waals surface area contributed by atoms with Gasteiger partial charge in [-0.15, -0.1) is 0 Å². The summed E-state index contributed by atoms with van der Waals surface area (Å²) >= 11 is 7.67. The topological polar surface area (TPSA) is 32.7 Å². The molecule has 6 heteroatoms. The zero-order chi connectivity index (χ0) is 10.6. The minimum absolute atomic E-state index is 0.478. The van der Waals surface area contributed by atoms with Crippen LogP contribution >= 0.6 is 30.7 Å². The van der Waals surface area contributed by atoms with E-state index in [1.54, 1.807) is 18.4 Å². The summed E-state index contributed by atoms with van der Waals surface area (Å²) in [5.74, 6) is 0. The number of para-hydroxylation sites is 1. The molecule has 0 radical (unpaired) electrons. The van der Waals surface area contributed by atoms with Crippen molar-refractivity contribution in [2.24, 2.45) is 4.76 Å². The lowest BCUT2D eigenvalue weighted by molar-refractivity contribution is 0.581. The van der Waals surface area contributed by atoms with Gasteiger partial charge in [0.1, 0.15) is 0 Å². The van der Waals surface area contributed by atoms with Crippen molar-refractivity contribution in [3.05, 3.63) is 23.2 Å². The number of benzene rings is 1. The van der Waals surface area contributed by atoms with E-state index in [4.69, 9.17) is 11.6 Å². The Labute approximate surface area is 96.9 Å². The third-order valence-electron chi connectivity index (χ3n) is 2.35. The van der Waals surface area contributed by atoms with Gasteiger partial charge in [0, 0.05) is 11.6 Å². The third-order valence-corrected chi connectivity index (χ3v) is 5.26. The molecule has 0 spiro atoms. The molecular formula is C9H8ClN2OPS. The van der Waals surface area contributed by atoms with Gasteiger partial charge in [0.15, 0.2) is 5.17 Å². The Kier molecular flexibility index (Phi) is 1.97. The Morgan fingerprint density at radius 2 is 2.40 bits per heavy atom. The predicted octanol–water partition coefficient (Wildman–Crippen LogP) is 3.49. The van der Waals surface area contributed by atoms with Crippen LogP contribution in [0.5, 0.6) is 0 Å². The highest BCUT2D eigenvalue weighted by atomic mass is 35.5. The van der Waals surface area contributed by atoms with Crippen molar-refractivity contribution in [1.82, 2.24) is 0 Å². The molecular weight excluding hydrogens is 251 g/mol. The molecule has 0 aliphatic carbocycles. The number of anilines is 1. The van der Waals surface area contributed by atoms with E-state index in [0.29, 0.717) is 11.3 Å². The number of amidine groups is 1. The fourth-order valence-corrected chi connectivity index (χ4v) is 5.14. The SMILES string of the molecule is CP1(=O)CN2C(=N1)Sc1cccc(Cl)c12. The van der Waals surface area contributed by atoms with Gasteiger partial charge in [-0.3, -0.25) is 4.57 Å². The first kappa shape index (κ1) is 9.76. The fourth-order valence-electron chi connectivity index (χ4n) is 1.77. The first-order valence-electron chi connectivity index (χ1n) is 4.47. The highest BCUT2D eigenvalue weighted by molar-refractivity contribution is 8.15. The lowest BCUT2D eigenvalue weighted by Crippen LogP contribution is -2.19. The number of fused-ring (bicyclic) bond motifs is 3. The van der Waals surface area contributed by atoms with Crippen LogP contribution in [0.1, 0.15) is 0 Å². The molecule has 0 aromatic heterocycles. The molecule has 0 bridgehead atoms. The second-order valence-electron chi connectivity index (χ2n) is 3.69. The molecule has 3 nitrogen and oxygen atoms in total. The van der Waals surface area contributed by atoms with Gasteiger partial charge in [0.05, 0.1) is 17.0 Å². The van der Waals surface area contributed by atoms with E-state index in [9.17, 15) is 4.57 Å². The Hall–Kier alpha value is -0.440. The number of halogens is 1. The van der Waals surface area contributed by atoms with Crippen molar-refractivity contribution in [2.45, 2.75) is 4.90 Å². The second kappa shape index (κ2) is 3.03. The van der Waals surface area contributed by atoms with Crippen molar-refractivity contribution < 1.29 is 4.57 Å². The van der Waals surface area contributed by atoms with Gasteiger partial charge in [-0.2, -0.15) is 4.76 Å². The smallest absolute Gasteiger partial charge is 0.208 e. The Balaban J connectivity index is 2.16. The molecule has 1 aromatic carbocycles. The minimum Gasteiger partial charge on any atom is -0.309 e. The van der Waals surface area contributed by atoms with Crippen molar-refractivity contribution in [3.63, 3.8) is 0 Å². The molecule has 1 atom stereocenters. The Bertz CT molecular complexity index is 531. The predicted molar refractivity (Wildman–Crippen MR) is 65.6 cm³/mol. The van der Waals surface area contributed by atoms with E-state index in [-0.39, 0.29) is 0 Å². The average molecular weight is 259 g/mol. The monoisotopic (exact) mass is 258 g/mol. The van der Waals surface area contributed by atoms with Crippen molar-refractivity contribution in [3.8, 4) is 0 Å². The van der Waals surface area contributed by atoms with Crippen LogP contribution in [-0.2, 0) is 4.57 Å². The number of hydrogen-bond acceptors (Lipinski definition) is 3. The molecule has 2 aliphatic rings. The van der Waals surface area contributed by atoms with Crippen LogP contribution in [0.2, 0.25) is 5.02 Å². The molecule has 0 N–H and O–H groups in total. The Morgan fingerprint density at radius 1 is 1.60 bits per heavy atom. The molecule has 0 saturated carbocycles. The van der Waals surface area contributed by atoms with E-state index in [2.05, 4.69) is 4.76 Å². The molecule has 1 unspecified atom stereocenters. The van der Waals surface area contributed by atoms with Gasteiger partial charge in [-0.05, 0) is 23.9 Å². The molecule has 78 valence electrons. The van der Waals surface area contributed by atoms with Crippen molar-refractivity contribution in [1.29, 1.82) is 0 Å². The first-order chi connectivity index (χ1) is 7.07. The van der Waals surface area contributed by atoms with E-state index < -0.39 is 7.29 Å². The summed E-state index contributed by atoms with van der Waals surface area (Å²) < 4.78 is 16.1. The largest absolute Gasteiger partial charge is 0.309 e. The van der Waals surface area contributed by atoms with Gasteiger partial charge in [-0.1, -0.05) is 17.7 Å². The van der Waals surface area contributed by atoms with Crippen molar-refractivity contribution in [2.75, 3.05) is 17.9 Å². The van der Waals surface area contributed by atoms with E-state index in [1.807, 2.05) is 23.1 Å². The lowest BCUT2D eigenvalue weighted by Gasteiger charge is -2.14. The quantitative estimate of drug-likeness (QED) is 0.668. The molecule has 3 rings (SSSR count). The van der Waals surface area contributed by atoms with Crippen LogP contribution in [0.4, 0.5) is 5.69 Å². The highest BCUT2D eigenvalue weighted by Gasteiger charge is 2.38. The summed E-state index contributed by atoms with van der Waals surface area (Å²) in [6, 6.07) is 5.78. The first-order valence-corrected chi connectivity index (χ1v) is 7.96. The molecule has 15 heavy (non-hydrogen) atoms. The van der Waals surface area contributed by atoms with Crippen LogP contribution < -0.4 is 4.90 Å². The lowest BCUT2D eigenvalue weighted by atomic mass is 10.3. The molecule has 0 saturated heterocycles. The fraction of sp³-hybridized carbons (Fsp3) is 0.222. The summed E-state index contributed by atoms with van der Waals surface area (Å²) in [5.41, 5.74) is 0.961. The van der Waals surface area contributed by atoms with Crippen LogP contribution in [-0.4, -0.2) is 18.1 Å². The summed E-state index contributed by atoms with van der Waals surface area (Å²) in [4.78, 5) is 3.06. The zero-order valence-corrected chi connectivity index (χ0v) is 10.4. The van der Waals surface area contributed by atoms with Gasteiger partial charge < -0.3 is 4.90 Å². The number of rotatable bonds is 0. The van der Waals surface area contributed by atoms with Gasteiger partial charge in [0.2, 0.25) is 7.29 Å². The normalized spacial score (nSPS) is 27.6. The van der Waals surface area contributed by atoms with E-state index >= 15 is 0 Å². The van der Waals surface area contributed by atoms with Crippen LogP contribution in [0.15, 0.2) is 27.9 Å². The van der Waals surface area contributed by atoms with Crippen LogP contribution in [0, 0.1) is 0 Å². The number of thioether (sulfide) groups is 1. The second-order valence-corrected chi connectivity index (χ2v) is 7.69. The average Bonchev–Trinajstić information content (AvgIpc) is 2.56. The summed E-state index contributed by atoms with van der Waals surface area (Å²) in [7, 11) is -2.36. The minimum atomic E-state index is -2.36. The van der Waals surface area contributed by atoms with Crippen LogP contribution in [0.3, 0.4) is 0 Å². The van der Waals surface area contributed by atoms with Gasteiger partial charge in [-0.25, -0.2) is 0 Å². The van der Waals surface area contributed by atoms with Crippen molar-refractivity contribution >= 4 is 41.5 Å². The molecule has 0 amide bonds. The highest BCUT2D eigenvalue weighted by Crippen LogP contribution is 2.57. The Morgan fingerprint density at radius 3 is 3.20 bits per heavy atom. The molecule has 1 aromatic rings. The maximum absolute atomic E-state index is 11.9. The zero-order valence-electron chi connectivity index (χ0n) is 7.98. The maximum Gasteiger partial charge on any atom is 0.208 e. The number of nitrogens with zero attached hydrogens (tertiary/aromatic N) is 2. The molecule has 2 aliphatic heterocycles. The van der Waals surface area contributed by atoms with E-state index in [1.165, 1.54) is 0 Å². The van der Waals surface area contributed by atoms with E-state index in [0.717, 1.165) is 15.8 Å². The standard InChI is InChI=1S/C9H8ClN2OPS/c1-14(13)5-12-8-6(10)3-2-4-7(8)15-9(12)11-14/h2-4H,5H2,1H3.